The summed E-state index contributed by atoms with van der Waals surface area (Å²) in [5, 5.41) is 11.8. The zero-order chi connectivity index (χ0) is 20.7. The lowest BCUT2D eigenvalue weighted by Crippen LogP contribution is -2.46. The first-order valence-corrected chi connectivity index (χ1v) is 10.3. The van der Waals surface area contributed by atoms with Gasteiger partial charge in [-0.15, -0.1) is 0 Å². The Morgan fingerprint density at radius 1 is 1.36 bits per heavy atom. The maximum absolute atomic E-state index is 12.2. The molecule has 0 aromatic carbocycles. The molecule has 2 aliphatic heterocycles. The highest BCUT2D eigenvalue weighted by Crippen LogP contribution is 2.26. The number of amides is 2. The Kier molecular flexibility index (Phi) is 7.91. The molecule has 2 aliphatic rings. The van der Waals surface area contributed by atoms with Crippen molar-refractivity contribution < 1.29 is 27.9 Å². The van der Waals surface area contributed by atoms with E-state index < -0.39 is 28.9 Å². The van der Waals surface area contributed by atoms with E-state index in [0.29, 0.717) is 50.4 Å². The number of thiol groups is 1. The summed E-state index contributed by atoms with van der Waals surface area (Å²) in [5.74, 6) is -0.787. The SMILES string of the molecule is C=C/C=C1/OC(CCNC(=O)N2CCC(C(=O)O)CC2)CN([SH](=O)=O)/C1=C/C. The molecule has 28 heavy (non-hydrogen) atoms. The minimum Gasteiger partial charge on any atom is -0.486 e. The number of morpholine rings is 1. The Balaban J connectivity index is 1.87. The molecular formula is C18H27N3O6S. The van der Waals surface area contributed by atoms with E-state index in [2.05, 4.69) is 11.9 Å². The van der Waals surface area contributed by atoms with Gasteiger partial charge >= 0.3 is 12.0 Å². The van der Waals surface area contributed by atoms with Crippen LogP contribution < -0.4 is 5.32 Å². The van der Waals surface area contributed by atoms with E-state index in [1.54, 1.807) is 24.0 Å². The highest BCUT2D eigenvalue weighted by molar-refractivity contribution is 7.70. The quantitative estimate of drug-likeness (QED) is 0.561. The number of hydrogen-bond donors (Lipinski definition) is 3. The molecule has 2 saturated heterocycles. The number of aliphatic carboxylic acids is 1. The number of rotatable bonds is 6. The topological polar surface area (TPSA) is 116 Å². The summed E-state index contributed by atoms with van der Waals surface area (Å²) in [4.78, 5) is 24.8. The number of piperidine rings is 1. The zero-order valence-corrected chi connectivity index (χ0v) is 16.8. The van der Waals surface area contributed by atoms with Crippen LogP contribution in [0.15, 0.2) is 36.3 Å². The number of carboxylic acid groups (broad SMARTS) is 1. The Morgan fingerprint density at radius 2 is 2.04 bits per heavy atom. The van der Waals surface area contributed by atoms with Crippen LogP contribution in [0.3, 0.4) is 0 Å². The normalized spacial score (nSPS) is 23.7. The van der Waals surface area contributed by atoms with Crippen LogP contribution in [-0.2, 0) is 20.4 Å². The van der Waals surface area contributed by atoms with Crippen molar-refractivity contribution in [1.29, 1.82) is 0 Å². The van der Waals surface area contributed by atoms with Gasteiger partial charge in [0.1, 0.15) is 11.9 Å². The summed E-state index contributed by atoms with van der Waals surface area (Å²) in [7, 11) is -2.81. The van der Waals surface area contributed by atoms with Crippen LogP contribution in [0, 0.1) is 5.92 Å². The maximum Gasteiger partial charge on any atom is 0.317 e. The van der Waals surface area contributed by atoms with Crippen molar-refractivity contribution in [2.75, 3.05) is 26.2 Å². The number of nitrogens with one attached hydrogen (secondary N) is 1. The third kappa shape index (κ3) is 5.51. The summed E-state index contributed by atoms with van der Waals surface area (Å²) in [5.41, 5.74) is 0.470. The van der Waals surface area contributed by atoms with E-state index in [9.17, 15) is 18.0 Å². The molecule has 2 rings (SSSR count). The van der Waals surface area contributed by atoms with Gasteiger partial charge in [-0.2, -0.15) is 0 Å². The predicted molar refractivity (Wildman–Crippen MR) is 104 cm³/mol. The third-order valence-electron chi connectivity index (χ3n) is 4.81. The van der Waals surface area contributed by atoms with Gasteiger partial charge in [-0.1, -0.05) is 18.7 Å². The van der Waals surface area contributed by atoms with E-state index in [-0.39, 0.29) is 12.6 Å². The van der Waals surface area contributed by atoms with Crippen LogP contribution in [-0.4, -0.2) is 67.0 Å². The average Bonchev–Trinajstić information content (AvgIpc) is 2.67. The summed E-state index contributed by atoms with van der Waals surface area (Å²) >= 11 is 0. The van der Waals surface area contributed by atoms with Gasteiger partial charge in [0.05, 0.1) is 18.2 Å². The number of allylic oxidation sites excluding steroid dienone is 3. The minimum absolute atomic E-state index is 0.173. The Bertz CT molecular complexity index is 730. The third-order valence-corrected chi connectivity index (χ3v) is 5.59. The van der Waals surface area contributed by atoms with Crippen LogP contribution in [0.2, 0.25) is 0 Å². The number of carbonyl (C=O) groups is 2. The number of nitrogens with zero attached hydrogens (tertiary/aromatic N) is 2. The fourth-order valence-corrected chi connectivity index (χ4v) is 4.01. The summed E-state index contributed by atoms with van der Waals surface area (Å²) in [6.45, 7) is 6.66. The molecule has 0 radical (unpaired) electrons. The van der Waals surface area contributed by atoms with E-state index >= 15 is 0 Å². The van der Waals surface area contributed by atoms with Crippen LogP contribution in [0.1, 0.15) is 26.2 Å². The molecule has 2 amide bonds. The van der Waals surface area contributed by atoms with E-state index in [1.807, 2.05) is 0 Å². The molecule has 2 fully saturated rings. The van der Waals surface area contributed by atoms with Gasteiger partial charge in [-0.05, 0) is 25.8 Å². The van der Waals surface area contributed by atoms with Crippen molar-refractivity contribution in [3.63, 3.8) is 0 Å². The van der Waals surface area contributed by atoms with Crippen LogP contribution in [0.4, 0.5) is 4.79 Å². The van der Waals surface area contributed by atoms with Crippen LogP contribution in [0.5, 0.6) is 0 Å². The second kappa shape index (κ2) is 10.2. The second-order valence-electron chi connectivity index (χ2n) is 6.62. The number of carbonyl (C=O) groups excluding carboxylic acids is 1. The highest BCUT2D eigenvalue weighted by Gasteiger charge is 2.30. The van der Waals surface area contributed by atoms with Crippen molar-refractivity contribution in [1.82, 2.24) is 14.5 Å². The Morgan fingerprint density at radius 3 is 2.57 bits per heavy atom. The smallest absolute Gasteiger partial charge is 0.317 e. The lowest BCUT2D eigenvalue weighted by atomic mass is 9.97. The van der Waals surface area contributed by atoms with E-state index in [0.717, 1.165) is 0 Å². The lowest BCUT2D eigenvalue weighted by molar-refractivity contribution is -0.143. The largest absolute Gasteiger partial charge is 0.486 e. The van der Waals surface area contributed by atoms with Gasteiger partial charge in [0.25, 0.3) is 0 Å². The van der Waals surface area contributed by atoms with Gasteiger partial charge in [0.15, 0.2) is 0 Å². The van der Waals surface area contributed by atoms with Crippen molar-refractivity contribution >= 4 is 22.9 Å². The molecule has 156 valence electrons. The van der Waals surface area contributed by atoms with Crippen LogP contribution in [0.25, 0.3) is 0 Å². The van der Waals surface area contributed by atoms with Gasteiger partial charge in [0, 0.05) is 26.1 Å². The van der Waals surface area contributed by atoms with Crippen molar-refractivity contribution in [3.05, 3.63) is 36.3 Å². The summed E-state index contributed by atoms with van der Waals surface area (Å²) in [6.07, 6.45) is 5.73. The van der Waals surface area contributed by atoms with Crippen molar-refractivity contribution in [2.45, 2.75) is 32.3 Å². The van der Waals surface area contributed by atoms with Gasteiger partial charge in [-0.3, -0.25) is 9.10 Å². The molecule has 2 N–H and O–H groups in total. The maximum atomic E-state index is 12.2. The molecule has 0 saturated carbocycles. The first kappa shape index (κ1) is 21.8. The number of urea groups is 1. The monoisotopic (exact) mass is 413 g/mol. The summed E-state index contributed by atoms with van der Waals surface area (Å²) in [6, 6.07) is -0.248. The molecule has 0 spiro atoms. The Labute approximate surface area is 166 Å². The molecule has 0 aromatic heterocycles. The fraction of sp³-hybridized carbons (Fsp3) is 0.556. The highest BCUT2D eigenvalue weighted by atomic mass is 32.2. The Hall–Kier alpha value is -2.49. The number of likely N-dealkylation sites (tertiary alicyclic amines) is 1. The molecule has 2 heterocycles. The molecule has 0 aliphatic carbocycles. The first-order chi connectivity index (χ1) is 13.4. The molecule has 1 atom stereocenters. The van der Waals surface area contributed by atoms with Gasteiger partial charge in [0.2, 0.25) is 10.9 Å². The fourth-order valence-electron chi connectivity index (χ4n) is 3.30. The van der Waals surface area contributed by atoms with Gasteiger partial charge < -0.3 is 20.1 Å². The molecule has 0 aromatic rings. The van der Waals surface area contributed by atoms with Crippen LogP contribution >= 0.6 is 0 Å². The molecular weight excluding hydrogens is 386 g/mol. The zero-order valence-electron chi connectivity index (χ0n) is 15.9. The van der Waals surface area contributed by atoms with Crippen molar-refractivity contribution in [2.24, 2.45) is 5.92 Å². The number of ether oxygens (including phenoxy) is 1. The molecule has 1 unspecified atom stereocenters. The first-order valence-electron chi connectivity index (χ1n) is 9.20. The van der Waals surface area contributed by atoms with E-state index in [4.69, 9.17) is 9.84 Å². The molecule has 9 nitrogen and oxygen atoms in total. The van der Waals surface area contributed by atoms with E-state index in [1.165, 1.54) is 10.4 Å². The standard InChI is InChI=1S/C18H27N3O6S/c1-3-5-16-15(4-2)21(28(25)26)12-14(27-16)6-9-19-18(24)20-10-7-13(8-11-20)17(22)23/h3-5,13-14,28H,1,6-12H2,2H3,(H,19,24)(H,22,23)/b15-4+,16-5+. The average molecular weight is 413 g/mol. The lowest BCUT2D eigenvalue weighted by Gasteiger charge is -2.35. The molecule has 10 heteroatoms. The predicted octanol–water partition coefficient (Wildman–Crippen LogP) is 1.08. The number of hydrogen-bond acceptors (Lipinski definition) is 5. The summed E-state index contributed by atoms with van der Waals surface area (Å²) < 4.78 is 30.3. The second-order valence-corrected chi connectivity index (χ2v) is 7.58. The van der Waals surface area contributed by atoms with Crippen molar-refractivity contribution in [3.8, 4) is 0 Å². The minimum atomic E-state index is -2.81. The van der Waals surface area contributed by atoms with Gasteiger partial charge in [-0.25, -0.2) is 13.2 Å². The molecule has 0 bridgehead atoms. The number of carboxylic acids is 1.